The van der Waals surface area contributed by atoms with E-state index >= 15 is 0 Å². The number of carbonyl (C=O) groups is 2. The molecule has 142 valence electrons. The average molecular weight is 366 g/mol. The van der Waals surface area contributed by atoms with Crippen molar-refractivity contribution < 1.29 is 9.59 Å². The largest absolute Gasteiger partial charge is 0.348 e. The first-order chi connectivity index (χ1) is 13.1. The summed E-state index contributed by atoms with van der Waals surface area (Å²) >= 11 is 0. The number of hydrogen-bond donors (Lipinski definition) is 1. The maximum Gasteiger partial charge on any atom is 0.255 e. The van der Waals surface area contributed by atoms with Gasteiger partial charge in [-0.2, -0.15) is 0 Å². The highest BCUT2D eigenvalue weighted by Crippen LogP contribution is 2.10. The number of aryl methyl sites for hydroxylation is 1. The van der Waals surface area contributed by atoms with Crippen LogP contribution in [0.2, 0.25) is 0 Å². The van der Waals surface area contributed by atoms with Crippen molar-refractivity contribution in [3.8, 4) is 0 Å². The molecule has 3 rings (SSSR count). The number of carbonyl (C=O) groups excluding carboxylic acids is 2. The van der Waals surface area contributed by atoms with Gasteiger partial charge < -0.3 is 15.1 Å². The first-order valence-electron chi connectivity index (χ1n) is 9.37. The lowest BCUT2D eigenvalue weighted by Crippen LogP contribution is -2.48. The van der Waals surface area contributed by atoms with Crippen LogP contribution in [0, 0.1) is 6.92 Å². The third kappa shape index (κ3) is 4.92. The van der Waals surface area contributed by atoms with E-state index in [1.165, 1.54) is 12.4 Å². The fraction of sp³-hybridized carbons (Fsp3) is 0.381. The lowest BCUT2D eigenvalue weighted by Gasteiger charge is -2.34. The summed E-state index contributed by atoms with van der Waals surface area (Å²) in [6, 6.07) is 9.63. The Bertz CT molecular complexity index is 813. The molecule has 27 heavy (non-hydrogen) atoms. The van der Waals surface area contributed by atoms with Crippen LogP contribution >= 0.6 is 0 Å². The summed E-state index contributed by atoms with van der Waals surface area (Å²) in [5.41, 5.74) is 3.06. The molecular formula is C21H26N4O2. The van der Waals surface area contributed by atoms with Gasteiger partial charge in [0, 0.05) is 45.1 Å². The topological polar surface area (TPSA) is 65.5 Å². The molecule has 1 fully saturated rings. The van der Waals surface area contributed by atoms with E-state index in [-0.39, 0.29) is 11.8 Å². The van der Waals surface area contributed by atoms with Crippen LogP contribution < -0.4 is 5.32 Å². The van der Waals surface area contributed by atoms with Gasteiger partial charge in [0.25, 0.3) is 11.8 Å². The van der Waals surface area contributed by atoms with Gasteiger partial charge in [-0.15, -0.1) is 0 Å². The second-order valence-electron chi connectivity index (χ2n) is 6.86. The molecule has 1 aromatic carbocycles. The van der Waals surface area contributed by atoms with Gasteiger partial charge in [-0.1, -0.05) is 36.8 Å². The smallest absolute Gasteiger partial charge is 0.255 e. The minimum absolute atomic E-state index is 0.0633. The van der Waals surface area contributed by atoms with E-state index in [2.05, 4.69) is 22.1 Å². The Labute approximate surface area is 160 Å². The van der Waals surface area contributed by atoms with E-state index in [1.807, 2.05) is 36.1 Å². The molecule has 6 nitrogen and oxygen atoms in total. The number of likely N-dealkylation sites (N-methyl/N-ethyl adjacent to an activating group) is 1. The molecule has 0 bridgehead atoms. The zero-order valence-corrected chi connectivity index (χ0v) is 15.9. The van der Waals surface area contributed by atoms with Crippen molar-refractivity contribution in [3.63, 3.8) is 0 Å². The van der Waals surface area contributed by atoms with E-state index in [4.69, 9.17) is 0 Å². The standard InChI is InChI=1S/C21H26N4O2/c1-3-24-7-9-25(10-8-24)21(27)19-12-18(14-22-15-19)20(26)23-13-17-6-4-5-16(2)11-17/h4-6,11-12,14-15H,3,7-10,13H2,1-2H3,(H,23,26). The fourth-order valence-electron chi connectivity index (χ4n) is 3.24. The Kier molecular flexibility index (Phi) is 6.19. The number of amides is 2. The first kappa shape index (κ1) is 19.0. The lowest BCUT2D eigenvalue weighted by atomic mass is 10.1. The highest BCUT2D eigenvalue weighted by atomic mass is 16.2. The van der Waals surface area contributed by atoms with Gasteiger partial charge in [0.05, 0.1) is 11.1 Å². The van der Waals surface area contributed by atoms with Crippen LogP contribution in [0.4, 0.5) is 0 Å². The molecule has 1 aliphatic heterocycles. The monoisotopic (exact) mass is 366 g/mol. The molecule has 2 aromatic rings. The molecule has 1 aliphatic rings. The summed E-state index contributed by atoms with van der Waals surface area (Å²) in [4.78, 5) is 33.4. The van der Waals surface area contributed by atoms with Crippen LogP contribution in [0.1, 0.15) is 38.8 Å². The molecular weight excluding hydrogens is 340 g/mol. The summed E-state index contributed by atoms with van der Waals surface area (Å²) in [6.07, 6.45) is 3.03. The van der Waals surface area contributed by atoms with E-state index in [9.17, 15) is 9.59 Å². The second-order valence-corrected chi connectivity index (χ2v) is 6.86. The molecule has 6 heteroatoms. The number of aromatic nitrogens is 1. The normalized spacial score (nSPS) is 14.8. The summed E-state index contributed by atoms with van der Waals surface area (Å²) in [5, 5.41) is 2.89. The van der Waals surface area contributed by atoms with Crippen molar-refractivity contribution in [2.45, 2.75) is 20.4 Å². The number of rotatable bonds is 5. The van der Waals surface area contributed by atoms with E-state index < -0.39 is 0 Å². The molecule has 0 saturated carbocycles. The molecule has 2 heterocycles. The Morgan fingerprint density at radius 2 is 1.81 bits per heavy atom. The van der Waals surface area contributed by atoms with Crippen LogP contribution in [0.3, 0.4) is 0 Å². The predicted molar refractivity (Wildman–Crippen MR) is 105 cm³/mol. The third-order valence-corrected chi connectivity index (χ3v) is 4.89. The number of benzene rings is 1. The zero-order chi connectivity index (χ0) is 19.2. The highest BCUT2D eigenvalue weighted by Gasteiger charge is 2.22. The van der Waals surface area contributed by atoms with Crippen molar-refractivity contribution in [2.24, 2.45) is 0 Å². The summed E-state index contributed by atoms with van der Waals surface area (Å²) in [7, 11) is 0. The maximum absolute atomic E-state index is 12.7. The highest BCUT2D eigenvalue weighted by molar-refractivity contribution is 5.99. The van der Waals surface area contributed by atoms with Gasteiger partial charge in [-0.3, -0.25) is 14.6 Å². The van der Waals surface area contributed by atoms with Crippen molar-refractivity contribution in [1.82, 2.24) is 20.1 Å². The van der Waals surface area contributed by atoms with Gasteiger partial charge in [0.1, 0.15) is 0 Å². The van der Waals surface area contributed by atoms with E-state index in [0.717, 1.165) is 30.8 Å². The van der Waals surface area contributed by atoms with Gasteiger partial charge in [-0.05, 0) is 25.1 Å². The molecule has 2 amide bonds. The molecule has 1 saturated heterocycles. The third-order valence-electron chi connectivity index (χ3n) is 4.89. The Morgan fingerprint density at radius 3 is 2.52 bits per heavy atom. The van der Waals surface area contributed by atoms with E-state index in [0.29, 0.717) is 30.8 Å². The Morgan fingerprint density at radius 1 is 1.07 bits per heavy atom. The fourth-order valence-corrected chi connectivity index (χ4v) is 3.24. The number of nitrogens with zero attached hydrogens (tertiary/aromatic N) is 3. The Hall–Kier alpha value is -2.73. The quantitative estimate of drug-likeness (QED) is 0.880. The minimum Gasteiger partial charge on any atom is -0.348 e. The minimum atomic E-state index is -0.227. The SMILES string of the molecule is CCN1CCN(C(=O)c2cncc(C(=O)NCc3cccc(C)c3)c2)CC1. The number of pyridine rings is 1. The summed E-state index contributed by atoms with van der Waals surface area (Å²) < 4.78 is 0. The molecule has 0 radical (unpaired) electrons. The summed E-state index contributed by atoms with van der Waals surface area (Å²) in [5.74, 6) is -0.291. The lowest BCUT2D eigenvalue weighted by molar-refractivity contribution is 0.0643. The van der Waals surface area contributed by atoms with Crippen LogP contribution in [0.5, 0.6) is 0 Å². The number of hydrogen-bond acceptors (Lipinski definition) is 4. The summed E-state index contributed by atoms with van der Waals surface area (Å²) in [6.45, 7) is 8.76. The number of nitrogens with one attached hydrogen (secondary N) is 1. The molecule has 1 N–H and O–H groups in total. The first-order valence-corrected chi connectivity index (χ1v) is 9.37. The van der Waals surface area contributed by atoms with Crippen LogP contribution in [-0.4, -0.2) is 59.3 Å². The van der Waals surface area contributed by atoms with Gasteiger partial charge >= 0.3 is 0 Å². The maximum atomic E-state index is 12.7. The molecule has 1 aromatic heterocycles. The number of piperazine rings is 1. The second kappa shape index (κ2) is 8.77. The van der Waals surface area contributed by atoms with Crippen molar-refractivity contribution in [1.29, 1.82) is 0 Å². The zero-order valence-electron chi connectivity index (χ0n) is 15.9. The molecule has 0 spiro atoms. The molecule has 0 unspecified atom stereocenters. The van der Waals surface area contributed by atoms with Crippen molar-refractivity contribution in [3.05, 3.63) is 65.0 Å². The van der Waals surface area contributed by atoms with E-state index in [1.54, 1.807) is 6.07 Å². The van der Waals surface area contributed by atoms with Crippen LogP contribution in [-0.2, 0) is 6.54 Å². The average Bonchev–Trinajstić information content (AvgIpc) is 2.71. The van der Waals surface area contributed by atoms with Gasteiger partial charge in [0.2, 0.25) is 0 Å². The van der Waals surface area contributed by atoms with Crippen LogP contribution in [0.15, 0.2) is 42.7 Å². The van der Waals surface area contributed by atoms with Gasteiger partial charge in [0.15, 0.2) is 0 Å². The Balaban J connectivity index is 1.62. The van der Waals surface area contributed by atoms with Crippen molar-refractivity contribution >= 4 is 11.8 Å². The predicted octanol–water partition coefficient (Wildman–Crippen LogP) is 2.10. The van der Waals surface area contributed by atoms with Gasteiger partial charge in [-0.25, -0.2) is 0 Å². The van der Waals surface area contributed by atoms with Crippen molar-refractivity contribution in [2.75, 3.05) is 32.7 Å². The van der Waals surface area contributed by atoms with Crippen LogP contribution in [0.25, 0.3) is 0 Å². The molecule has 0 aliphatic carbocycles. The molecule has 0 atom stereocenters.